The van der Waals surface area contributed by atoms with Crippen LogP contribution in [-0.2, 0) is 4.79 Å². The number of nitrogens with one attached hydrogen (secondary N) is 1. The number of pyridine rings is 1. The molecule has 0 aliphatic rings. The average Bonchev–Trinajstić information content (AvgIpc) is 2.39. The minimum atomic E-state index is -1.36. The van der Waals surface area contributed by atoms with Gasteiger partial charge in [0, 0.05) is 17.0 Å². The molecule has 100 valence electrons. The van der Waals surface area contributed by atoms with E-state index in [4.69, 9.17) is 0 Å². The third-order valence-corrected chi connectivity index (χ3v) is 3.14. The molecular weight excluding hydrogens is 240 g/mol. The summed E-state index contributed by atoms with van der Waals surface area (Å²) in [6.07, 6.45) is 4.52. The summed E-state index contributed by atoms with van der Waals surface area (Å²) in [4.78, 5) is 16.2. The molecule has 2 aromatic rings. The summed E-state index contributed by atoms with van der Waals surface area (Å²) < 4.78 is 0. The summed E-state index contributed by atoms with van der Waals surface area (Å²) in [5, 5.41) is 14.7. The van der Waals surface area contributed by atoms with Crippen LogP contribution in [0.5, 0.6) is 0 Å². The summed E-state index contributed by atoms with van der Waals surface area (Å²) in [5.41, 5.74) is -0.731. The van der Waals surface area contributed by atoms with Gasteiger partial charge in [-0.25, -0.2) is 0 Å². The van der Waals surface area contributed by atoms with Gasteiger partial charge in [0.05, 0.1) is 11.9 Å². The van der Waals surface area contributed by atoms with E-state index in [1.165, 1.54) is 6.92 Å². The molecule has 0 saturated heterocycles. The van der Waals surface area contributed by atoms with Gasteiger partial charge in [0.15, 0.2) is 0 Å². The van der Waals surface area contributed by atoms with E-state index in [1.54, 1.807) is 12.4 Å². The van der Waals surface area contributed by atoms with Gasteiger partial charge in [-0.1, -0.05) is 37.6 Å². The van der Waals surface area contributed by atoms with Gasteiger partial charge in [0.1, 0.15) is 5.60 Å². The van der Waals surface area contributed by atoms with Gasteiger partial charge < -0.3 is 10.4 Å². The van der Waals surface area contributed by atoms with Crippen molar-refractivity contribution in [3.8, 4) is 0 Å². The zero-order valence-electron chi connectivity index (χ0n) is 11.2. The Morgan fingerprint density at radius 1 is 1.37 bits per heavy atom. The lowest BCUT2D eigenvalue weighted by molar-refractivity contribution is -0.133. The Labute approximate surface area is 112 Å². The van der Waals surface area contributed by atoms with Gasteiger partial charge in [-0.15, -0.1) is 0 Å². The SMILES string of the molecule is CCCC(C)(O)C(=O)Nc1cncc2ccccc12. The van der Waals surface area contributed by atoms with E-state index in [0.717, 1.165) is 17.2 Å². The molecule has 2 N–H and O–H groups in total. The van der Waals surface area contributed by atoms with E-state index in [2.05, 4.69) is 10.3 Å². The van der Waals surface area contributed by atoms with Crippen LogP contribution in [-0.4, -0.2) is 21.6 Å². The molecule has 0 radical (unpaired) electrons. The van der Waals surface area contributed by atoms with Crippen LogP contribution < -0.4 is 5.32 Å². The smallest absolute Gasteiger partial charge is 0.256 e. The molecule has 1 heterocycles. The highest BCUT2D eigenvalue weighted by atomic mass is 16.3. The third-order valence-electron chi connectivity index (χ3n) is 3.14. The summed E-state index contributed by atoms with van der Waals surface area (Å²) in [6.45, 7) is 3.46. The number of fused-ring (bicyclic) bond motifs is 1. The van der Waals surface area contributed by atoms with Gasteiger partial charge in [0.2, 0.25) is 0 Å². The van der Waals surface area contributed by atoms with Crippen molar-refractivity contribution in [1.29, 1.82) is 0 Å². The molecule has 19 heavy (non-hydrogen) atoms. The Balaban J connectivity index is 2.29. The van der Waals surface area contributed by atoms with Gasteiger partial charge in [-0.05, 0) is 13.3 Å². The van der Waals surface area contributed by atoms with Gasteiger partial charge in [0.25, 0.3) is 5.91 Å². The lowest BCUT2D eigenvalue weighted by Crippen LogP contribution is -2.39. The topological polar surface area (TPSA) is 62.2 Å². The van der Waals surface area contributed by atoms with Gasteiger partial charge in [-0.2, -0.15) is 0 Å². The predicted molar refractivity (Wildman–Crippen MR) is 75.9 cm³/mol. The number of carbonyl (C=O) groups is 1. The van der Waals surface area contributed by atoms with E-state index in [9.17, 15) is 9.90 Å². The number of hydrogen-bond donors (Lipinski definition) is 2. The molecule has 0 aliphatic carbocycles. The molecule has 1 amide bonds. The number of aromatic nitrogens is 1. The van der Waals surface area contributed by atoms with Crippen LogP contribution in [0.1, 0.15) is 26.7 Å². The van der Waals surface area contributed by atoms with E-state index in [0.29, 0.717) is 12.1 Å². The number of aliphatic hydroxyl groups is 1. The van der Waals surface area contributed by atoms with Crippen LogP contribution in [0.3, 0.4) is 0 Å². The van der Waals surface area contributed by atoms with Crippen molar-refractivity contribution >= 4 is 22.4 Å². The van der Waals surface area contributed by atoms with Crippen molar-refractivity contribution in [3.05, 3.63) is 36.7 Å². The number of amides is 1. The molecule has 4 heteroatoms. The quantitative estimate of drug-likeness (QED) is 0.886. The van der Waals surface area contributed by atoms with Crippen LogP contribution in [0.2, 0.25) is 0 Å². The molecule has 1 aromatic heterocycles. The Bertz CT molecular complexity index is 588. The normalized spacial score (nSPS) is 14.1. The number of benzene rings is 1. The monoisotopic (exact) mass is 258 g/mol. The second kappa shape index (κ2) is 5.36. The minimum absolute atomic E-state index is 0.396. The summed E-state index contributed by atoms with van der Waals surface area (Å²) in [6, 6.07) is 7.67. The summed E-state index contributed by atoms with van der Waals surface area (Å²) in [7, 11) is 0. The van der Waals surface area contributed by atoms with Crippen LogP contribution in [0.4, 0.5) is 5.69 Å². The van der Waals surface area contributed by atoms with Crippen LogP contribution in [0.25, 0.3) is 10.8 Å². The first-order chi connectivity index (χ1) is 9.04. The molecule has 2 rings (SSSR count). The zero-order chi connectivity index (χ0) is 13.9. The first-order valence-corrected chi connectivity index (χ1v) is 6.41. The maximum Gasteiger partial charge on any atom is 0.256 e. The summed E-state index contributed by atoms with van der Waals surface area (Å²) >= 11 is 0. The predicted octanol–water partition coefficient (Wildman–Crippen LogP) is 2.72. The largest absolute Gasteiger partial charge is 0.380 e. The first-order valence-electron chi connectivity index (χ1n) is 6.41. The van der Waals surface area contributed by atoms with Crippen molar-refractivity contribution in [1.82, 2.24) is 4.98 Å². The number of nitrogens with zero attached hydrogens (tertiary/aromatic N) is 1. The van der Waals surface area contributed by atoms with Crippen molar-refractivity contribution < 1.29 is 9.90 Å². The molecule has 1 atom stereocenters. The lowest BCUT2D eigenvalue weighted by atomic mass is 9.99. The molecule has 0 saturated carbocycles. The van der Waals surface area contributed by atoms with E-state index >= 15 is 0 Å². The van der Waals surface area contributed by atoms with Crippen molar-refractivity contribution in [2.45, 2.75) is 32.3 Å². The number of carbonyl (C=O) groups excluding carboxylic acids is 1. The third kappa shape index (κ3) is 2.90. The Hall–Kier alpha value is -1.94. The number of hydrogen-bond acceptors (Lipinski definition) is 3. The standard InChI is InChI=1S/C15H18N2O2/c1-3-8-15(2,19)14(18)17-13-10-16-9-11-6-4-5-7-12(11)13/h4-7,9-10,19H,3,8H2,1-2H3,(H,17,18). The van der Waals surface area contributed by atoms with Crippen LogP contribution >= 0.6 is 0 Å². The minimum Gasteiger partial charge on any atom is -0.380 e. The van der Waals surface area contributed by atoms with E-state index < -0.39 is 11.5 Å². The highest BCUT2D eigenvalue weighted by Crippen LogP contribution is 2.23. The van der Waals surface area contributed by atoms with Crippen molar-refractivity contribution in [2.75, 3.05) is 5.32 Å². The molecule has 0 aliphatic heterocycles. The van der Waals surface area contributed by atoms with Crippen molar-refractivity contribution in [3.63, 3.8) is 0 Å². The fourth-order valence-electron chi connectivity index (χ4n) is 2.07. The molecular formula is C15H18N2O2. The molecule has 1 unspecified atom stereocenters. The fraction of sp³-hybridized carbons (Fsp3) is 0.333. The van der Waals surface area contributed by atoms with Crippen LogP contribution in [0.15, 0.2) is 36.7 Å². The Morgan fingerprint density at radius 2 is 2.11 bits per heavy atom. The highest BCUT2D eigenvalue weighted by Gasteiger charge is 2.29. The van der Waals surface area contributed by atoms with Crippen molar-refractivity contribution in [2.24, 2.45) is 0 Å². The first kappa shape index (κ1) is 13.5. The van der Waals surface area contributed by atoms with Gasteiger partial charge >= 0.3 is 0 Å². The number of rotatable bonds is 4. The second-order valence-corrected chi connectivity index (χ2v) is 4.89. The zero-order valence-corrected chi connectivity index (χ0v) is 11.2. The van der Waals surface area contributed by atoms with Crippen LogP contribution in [0, 0.1) is 0 Å². The molecule has 1 aromatic carbocycles. The Kier molecular flexibility index (Phi) is 3.81. The highest BCUT2D eigenvalue weighted by molar-refractivity contribution is 6.04. The Morgan fingerprint density at radius 3 is 2.84 bits per heavy atom. The maximum absolute atomic E-state index is 12.1. The molecule has 0 spiro atoms. The molecule has 4 nitrogen and oxygen atoms in total. The number of anilines is 1. The van der Waals surface area contributed by atoms with E-state index in [1.807, 2.05) is 31.2 Å². The summed E-state index contributed by atoms with van der Waals surface area (Å²) in [5.74, 6) is -0.396. The lowest BCUT2D eigenvalue weighted by Gasteiger charge is -2.21. The second-order valence-electron chi connectivity index (χ2n) is 4.89. The maximum atomic E-state index is 12.1. The van der Waals surface area contributed by atoms with E-state index in [-0.39, 0.29) is 0 Å². The molecule has 0 fully saturated rings. The fourth-order valence-corrected chi connectivity index (χ4v) is 2.07. The molecule has 0 bridgehead atoms. The van der Waals surface area contributed by atoms with Gasteiger partial charge in [-0.3, -0.25) is 9.78 Å². The average molecular weight is 258 g/mol.